The highest BCUT2D eigenvalue weighted by Gasteiger charge is 2.40. The van der Waals surface area contributed by atoms with Crippen LogP contribution in [0.4, 0.5) is 22.0 Å². The van der Waals surface area contributed by atoms with Crippen molar-refractivity contribution in [2.24, 2.45) is 7.05 Å². The minimum absolute atomic E-state index is 0.0583. The van der Waals surface area contributed by atoms with E-state index in [0.717, 1.165) is 18.7 Å². The lowest BCUT2D eigenvalue weighted by Crippen LogP contribution is -2.49. The molecule has 146 valence electrons. The minimum Gasteiger partial charge on any atom is -0.366 e. The molecule has 0 radical (unpaired) electrons. The first-order valence-corrected chi connectivity index (χ1v) is 9.28. The molecule has 3 amide bonds. The van der Waals surface area contributed by atoms with Gasteiger partial charge in [0.15, 0.2) is 5.82 Å². The average Bonchev–Trinajstić information content (AvgIpc) is 3.09. The van der Waals surface area contributed by atoms with Crippen molar-refractivity contribution < 1.29 is 9.59 Å². The van der Waals surface area contributed by atoms with Crippen LogP contribution in [0.15, 0.2) is 35.4 Å². The number of pyridine rings is 2. The number of rotatable bonds is 3. The van der Waals surface area contributed by atoms with Gasteiger partial charge in [0.05, 0.1) is 11.7 Å². The van der Waals surface area contributed by atoms with Crippen LogP contribution in [0.25, 0.3) is 0 Å². The average molecular weight is 382 g/mol. The van der Waals surface area contributed by atoms with Gasteiger partial charge in [-0.3, -0.25) is 14.5 Å². The Hall–Kier alpha value is -3.36. The SMILES string of the molecule is CCNC(=O)c1ccc2c(n1)N(C(=O)Nc1cn(C)ccc1=O)C1CCN2C1. The van der Waals surface area contributed by atoms with E-state index < -0.39 is 6.03 Å². The summed E-state index contributed by atoms with van der Waals surface area (Å²) in [5.41, 5.74) is 1.02. The van der Waals surface area contributed by atoms with Crippen LogP contribution in [0.1, 0.15) is 23.8 Å². The van der Waals surface area contributed by atoms with E-state index in [4.69, 9.17) is 0 Å². The highest BCUT2D eigenvalue weighted by Crippen LogP contribution is 2.39. The summed E-state index contributed by atoms with van der Waals surface area (Å²) in [6.07, 6.45) is 4.00. The zero-order chi connectivity index (χ0) is 19.8. The number of hydrogen-bond donors (Lipinski definition) is 2. The number of carbonyl (C=O) groups excluding carboxylic acids is 2. The summed E-state index contributed by atoms with van der Waals surface area (Å²) in [5, 5.41) is 5.44. The molecule has 0 aliphatic carbocycles. The van der Waals surface area contributed by atoms with Gasteiger partial charge in [-0.25, -0.2) is 9.78 Å². The molecule has 28 heavy (non-hydrogen) atoms. The molecular weight excluding hydrogens is 360 g/mol. The third-order valence-corrected chi connectivity index (χ3v) is 5.04. The molecule has 2 aliphatic heterocycles. The number of nitrogens with one attached hydrogen (secondary N) is 2. The molecule has 1 saturated heterocycles. The Bertz CT molecular complexity index is 1000. The van der Waals surface area contributed by atoms with Gasteiger partial charge in [0, 0.05) is 45.1 Å². The Kier molecular flexibility index (Phi) is 4.50. The van der Waals surface area contributed by atoms with Crippen LogP contribution in [-0.4, -0.2) is 47.2 Å². The van der Waals surface area contributed by atoms with Crippen LogP contribution in [0, 0.1) is 0 Å². The molecule has 2 bridgehead atoms. The van der Waals surface area contributed by atoms with E-state index in [-0.39, 0.29) is 28.8 Å². The van der Waals surface area contributed by atoms with Crippen LogP contribution in [0.3, 0.4) is 0 Å². The standard InChI is InChI=1S/C19H22N6O3/c1-3-20-18(27)13-4-5-15-17(21-13)25(12-6-9-24(15)10-12)19(28)22-14-11-23(2)8-7-16(14)26/h4-5,7-8,11-12H,3,6,9-10H2,1-2H3,(H,20,27)(H,22,28). The summed E-state index contributed by atoms with van der Waals surface area (Å²) in [5.74, 6) is 0.165. The first-order chi connectivity index (χ1) is 13.5. The molecule has 9 nitrogen and oxygen atoms in total. The topological polar surface area (TPSA) is 99.6 Å². The van der Waals surface area contributed by atoms with Crippen LogP contribution in [-0.2, 0) is 7.05 Å². The largest absolute Gasteiger partial charge is 0.366 e. The van der Waals surface area contributed by atoms with Crippen molar-refractivity contribution in [3.8, 4) is 0 Å². The van der Waals surface area contributed by atoms with Gasteiger partial charge in [0.25, 0.3) is 5.91 Å². The lowest BCUT2D eigenvalue weighted by Gasteiger charge is -2.35. The molecule has 4 rings (SSSR count). The van der Waals surface area contributed by atoms with Crippen molar-refractivity contribution in [1.29, 1.82) is 0 Å². The van der Waals surface area contributed by atoms with E-state index in [1.807, 2.05) is 13.0 Å². The van der Waals surface area contributed by atoms with Gasteiger partial charge in [0.1, 0.15) is 11.4 Å². The maximum Gasteiger partial charge on any atom is 0.328 e. The molecule has 9 heteroatoms. The van der Waals surface area contributed by atoms with Crippen molar-refractivity contribution >= 4 is 29.1 Å². The molecular formula is C19H22N6O3. The second kappa shape index (κ2) is 6.99. The van der Waals surface area contributed by atoms with Crippen LogP contribution < -0.4 is 25.9 Å². The summed E-state index contributed by atoms with van der Waals surface area (Å²) in [6.45, 7) is 3.85. The van der Waals surface area contributed by atoms with E-state index in [1.54, 1.807) is 35.0 Å². The fourth-order valence-electron chi connectivity index (χ4n) is 3.70. The van der Waals surface area contributed by atoms with Gasteiger partial charge in [-0.05, 0) is 25.5 Å². The van der Waals surface area contributed by atoms with Crippen LogP contribution in [0.2, 0.25) is 0 Å². The Balaban J connectivity index is 1.70. The second-order valence-corrected chi connectivity index (χ2v) is 6.98. The predicted octanol–water partition coefficient (Wildman–Crippen LogP) is 1.16. The minimum atomic E-state index is -0.420. The van der Waals surface area contributed by atoms with Crippen molar-refractivity contribution in [2.45, 2.75) is 19.4 Å². The highest BCUT2D eigenvalue weighted by molar-refractivity contribution is 6.05. The van der Waals surface area contributed by atoms with E-state index >= 15 is 0 Å². The van der Waals surface area contributed by atoms with E-state index in [9.17, 15) is 14.4 Å². The normalized spacial score (nSPS) is 17.3. The van der Waals surface area contributed by atoms with Crippen LogP contribution in [0.5, 0.6) is 0 Å². The molecule has 4 heterocycles. The van der Waals surface area contributed by atoms with Crippen molar-refractivity contribution in [2.75, 3.05) is 34.8 Å². The molecule has 0 aromatic carbocycles. The Morgan fingerprint density at radius 3 is 2.89 bits per heavy atom. The first kappa shape index (κ1) is 18.0. The lowest BCUT2D eigenvalue weighted by atomic mass is 10.1. The fourth-order valence-corrected chi connectivity index (χ4v) is 3.70. The zero-order valence-corrected chi connectivity index (χ0v) is 15.8. The van der Waals surface area contributed by atoms with Gasteiger partial charge in [-0.1, -0.05) is 0 Å². The Morgan fingerprint density at radius 1 is 1.29 bits per heavy atom. The summed E-state index contributed by atoms with van der Waals surface area (Å²) < 4.78 is 1.70. The molecule has 1 atom stereocenters. The summed E-state index contributed by atoms with van der Waals surface area (Å²) >= 11 is 0. The number of nitrogens with zero attached hydrogens (tertiary/aromatic N) is 4. The van der Waals surface area contributed by atoms with Crippen LogP contribution >= 0.6 is 0 Å². The molecule has 2 aromatic rings. The molecule has 2 aromatic heterocycles. The van der Waals surface area contributed by atoms with Gasteiger partial charge < -0.3 is 20.1 Å². The van der Waals surface area contributed by atoms with Crippen molar-refractivity contribution in [1.82, 2.24) is 14.9 Å². The Labute approximate surface area is 162 Å². The second-order valence-electron chi connectivity index (χ2n) is 6.98. The van der Waals surface area contributed by atoms with E-state index in [2.05, 4.69) is 20.5 Å². The number of amides is 3. The molecule has 0 saturated carbocycles. The third-order valence-electron chi connectivity index (χ3n) is 5.04. The number of fused-ring (bicyclic) bond motifs is 4. The number of hydrogen-bond acceptors (Lipinski definition) is 5. The summed E-state index contributed by atoms with van der Waals surface area (Å²) in [4.78, 5) is 45.6. The summed E-state index contributed by atoms with van der Waals surface area (Å²) in [6, 6.07) is 4.43. The zero-order valence-electron chi connectivity index (χ0n) is 15.8. The molecule has 1 fully saturated rings. The molecule has 2 N–H and O–H groups in total. The van der Waals surface area contributed by atoms with Crippen molar-refractivity contribution in [3.63, 3.8) is 0 Å². The number of aromatic nitrogens is 2. The molecule has 2 aliphatic rings. The van der Waals surface area contributed by atoms with E-state index in [0.29, 0.717) is 18.9 Å². The van der Waals surface area contributed by atoms with Gasteiger partial charge >= 0.3 is 6.03 Å². The smallest absolute Gasteiger partial charge is 0.328 e. The summed E-state index contributed by atoms with van der Waals surface area (Å²) in [7, 11) is 1.78. The fraction of sp³-hybridized carbons (Fsp3) is 0.368. The predicted molar refractivity (Wildman–Crippen MR) is 106 cm³/mol. The maximum atomic E-state index is 13.1. The van der Waals surface area contributed by atoms with Crippen molar-refractivity contribution in [3.05, 3.63) is 46.5 Å². The van der Waals surface area contributed by atoms with Gasteiger partial charge in [0.2, 0.25) is 5.43 Å². The Morgan fingerprint density at radius 2 is 2.11 bits per heavy atom. The van der Waals surface area contributed by atoms with Gasteiger partial charge in [-0.15, -0.1) is 0 Å². The maximum absolute atomic E-state index is 13.1. The number of carbonyl (C=O) groups is 2. The molecule has 1 unspecified atom stereocenters. The quantitative estimate of drug-likeness (QED) is 0.830. The molecule has 0 spiro atoms. The number of urea groups is 1. The monoisotopic (exact) mass is 382 g/mol. The van der Waals surface area contributed by atoms with Gasteiger partial charge in [-0.2, -0.15) is 0 Å². The highest BCUT2D eigenvalue weighted by atomic mass is 16.2. The number of aryl methyl sites for hydroxylation is 1. The third kappa shape index (κ3) is 3.08. The first-order valence-electron chi connectivity index (χ1n) is 9.28. The number of anilines is 3. The van der Waals surface area contributed by atoms with E-state index in [1.165, 1.54) is 6.07 Å². The lowest BCUT2D eigenvalue weighted by molar-refractivity contribution is 0.0951.